The van der Waals surface area contributed by atoms with Crippen molar-refractivity contribution in [2.75, 3.05) is 0 Å². The fourth-order valence-corrected chi connectivity index (χ4v) is 2.05. The van der Waals surface area contributed by atoms with Crippen molar-refractivity contribution < 1.29 is 17.6 Å². The van der Waals surface area contributed by atoms with Crippen LogP contribution in [0.1, 0.15) is 42.6 Å². The Morgan fingerprint density at radius 2 is 1.55 bits per heavy atom. The van der Waals surface area contributed by atoms with Crippen molar-refractivity contribution in [2.45, 2.75) is 32.1 Å². The molecule has 0 aliphatic carbocycles. The van der Waals surface area contributed by atoms with E-state index >= 15 is 0 Å². The summed E-state index contributed by atoms with van der Waals surface area (Å²) in [6, 6.07) is 7.09. The minimum Gasteiger partial charge on any atom is -0.472 e. The average molecular weight is 283 g/mol. The zero-order chi connectivity index (χ0) is 14.8. The van der Waals surface area contributed by atoms with E-state index in [2.05, 4.69) is 5.32 Å². The van der Waals surface area contributed by atoms with Crippen LogP contribution < -0.4 is 5.32 Å². The molecule has 2 aromatic rings. The van der Waals surface area contributed by atoms with E-state index < -0.39 is 11.7 Å². The number of alkyl halides is 3. The van der Waals surface area contributed by atoms with Crippen molar-refractivity contribution in [2.24, 2.45) is 0 Å². The third kappa shape index (κ3) is 3.42. The van der Waals surface area contributed by atoms with E-state index in [4.69, 9.17) is 4.42 Å². The lowest BCUT2D eigenvalue weighted by Gasteiger charge is -2.20. The largest absolute Gasteiger partial charge is 0.472 e. The summed E-state index contributed by atoms with van der Waals surface area (Å²) in [6.45, 7) is 3.89. The van der Waals surface area contributed by atoms with Gasteiger partial charge in [0.15, 0.2) is 0 Å². The number of nitrogens with one attached hydrogen (secondary N) is 1. The Morgan fingerprint density at radius 3 is 2.05 bits per heavy atom. The van der Waals surface area contributed by atoms with Gasteiger partial charge in [-0.3, -0.25) is 0 Å². The zero-order valence-corrected chi connectivity index (χ0v) is 11.2. The lowest BCUT2D eigenvalue weighted by molar-refractivity contribution is -0.137. The summed E-state index contributed by atoms with van der Waals surface area (Å²) in [4.78, 5) is 0. The molecule has 2 rings (SSSR count). The Hall–Kier alpha value is -1.75. The van der Waals surface area contributed by atoms with Crippen molar-refractivity contribution >= 4 is 0 Å². The maximum Gasteiger partial charge on any atom is 0.416 e. The van der Waals surface area contributed by atoms with Crippen LogP contribution in [0, 0.1) is 0 Å². The van der Waals surface area contributed by atoms with Crippen LogP contribution in [0.3, 0.4) is 0 Å². The van der Waals surface area contributed by atoms with Gasteiger partial charge in [0, 0.05) is 17.6 Å². The van der Waals surface area contributed by atoms with Crippen LogP contribution in [0.15, 0.2) is 47.3 Å². The third-order valence-corrected chi connectivity index (χ3v) is 3.28. The predicted molar refractivity (Wildman–Crippen MR) is 70.1 cm³/mol. The molecule has 2 atom stereocenters. The second kappa shape index (κ2) is 5.71. The molecule has 108 valence electrons. The van der Waals surface area contributed by atoms with Crippen molar-refractivity contribution in [3.05, 3.63) is 59.5 Å². The first-order chi connectivity index (χ1) is 9.38. The van der Waals surface area contributed by atoms with Gasteiger partial charge in [0.1, 0.15) is 0 Å². The van der Waals surface area contributed by atoms with Crippen LogP contribution in [-0.2, 0) is 6.18 Å². The molecule has 0 fully saturated rings. The number of furan rings is 1. The molecule has 0 aliphatic rings. The topological polar surface area (TPSA) is 25.2 Å². The van der Waals surface area contributed by atoms with E-state index in [1.807, 2.05) is 19.9 Å². The van der Waals surface area contributed by atoms with E-state index in [-0.39, 0.29) is 12.1 Å². The average Bonchev–Trinajstić information content (AvgIpc) is 2.91. The molecule has 5 heteroatoms. The highest BCUT2D eigenvalue weighted by atomic mass is 19.4. The smallest absolute Gasteiger partial charge is 0.416 e. The van der Waals surface area contributed by atoms with Crippen LogP contribution >= 0.6 is 0 Å². The Bertz CT molecular complexity index is 531. The molecule has 0 saturated heterocycles. The molecule has 20 heavy (non-hydrogen) atoms. The molecular formula is C15H16F3NO. The van der Waals surface area contributed by atoms with Crippen molar-refractivity contribution in [1.82, 2.24) is 5.32 Å². The normalized spacial score (nSPS) is 15.1. The van der Waals surface area contributed by atoms with Crippen molar-refractivity contribution in [3.63, 3.8) is 0 Å². The lowest BCUT2D eigenvalue weighted by atomic mass is 10.0. The van der Waals surface area contributed by atoms with Gasteiger partial charge in [0.25, 0.3) is 0 Å². The summed E-state index contributed by atoms with van der Waals surface area (Å²) in [5.41, 5.74) is 1.19. The molecule has 1 N–H and O–H groups in total. The fraction of sp³-hybridized carbons (Fsp3) is 0.333. The van der Waals surface area contributed by atoms with Gasteiger partial charge in [0.05, 0.1) is 18.1 Å². The standard InChI is InChI=1S/C15H16F3NO/c1-10(19-11(2)13-7-8-20-9-13)12-3-5-14(6-4-12)15(16,17)18/h3-11,19H,1-2H3. The summed E-state index contributed by atoms with van der Waals surface area (Å²) in [7, 11) is 0. The van der Waals surface area contributed by atoms with Crippen LogP contribution in [0.25, 0.3) is 0 Å². The van der Waals surface area contributed by atoms with Crippen molar-refractivity contribution in [1.29, 1.82) is 0 Å². The first kappa shape index (κ1) is 14.7. The Balaban J connectivity index is 2.04. The first-order valence-electron chi connectivity index (χ1n) is 6.33. The van der Waals surface area contributed by atoms with Gasteiger partial charge in [-0.15, -0.1) is 0 Å². The minimum absolute atomic E-state index is 0.0535. The highest BCUT2D eigenvalue weighted by Crippen LogP contribution is 2.30. The SMILES string of the molecule is CC(NC(C)c1ccoc1)c1ccc(C(F)(F)F)cc1. The molecule has 2 nitrogen and oxygen atoms in total. The van der Waals surface area contributed by atoms with E-state index in [0.717, 1.165) is 23.3 Å². The van der Waals surface area contributed by atoms with Crippen LogP contribution in [0.2, 0.25) is 0 Å². The fourth-order valence-electron chi connectivity index (χ4n) is 2.05. The zero-order valence-electron chi connectivity index (χ0n) is 11.2. The van der Waals surface area contributed by atoms with Gasteiger partial charge < -0.3 is 9.73 Å². The van der Waals surface area contributed by atoms with E-state index in [1.165, 1.54) is 12.1 Å². The van der Waals surface area contributed by atoms with Gasteiger partial charge in [-0.1, -0.05) is 12.1 Å². The minimum atomic E-state index is -4.29. The molecule has 0 amide bonds. The second-order valence-electron chi connectivity index (χ2n) is 4.79. The van der Waals surface area contributed by atoms with Gasteiger partial charge in [-0.2, -0.15) is 13.2 Å². The van der Waals surface area contributed by atoms with Crippen LogP contribution in [-0.4, -0.2) is 0 Å². The van der Waals surface area contributed by atoms with Gasteiger partial charge in [0.2, 0.25) is 0 Å². The summed E-state index contributed by atoms with van der Waals surface area (Å²) in [5.74, 6) is 0. The van der Waals surface area contributed by atoms with E-state index in [9.17, 15) is 13.2 Å². The van der Waals surface area contributed by atoms with Gasteiger partial charge >= 0.3 is 6.18 Å². The summed E-state index contributed by atoms with van der Waals surface area (Å²) < 4.78 is 42.5. The maximum absolute atomic E-state index is 12.5. The number of rotatable bonds is 4. The number of halogens is 3. The maximum atomic E-state index is 12.5. The third-order valence-electron chi connectivity index (χ3n) is 3.28. The molecule has 0 radical (unpaired) electrons. The quantitative estimate of drug-likeness (QED) is 0.879. The van der Waals surface area contributed by atoms with Crippen LogP contribution in [0.4, 0.5) is 13.2 Å². The second-order valence-corrected chi connectivity index (χ2v) is 4.79. The molecule has 0 spiro atoms. The molecule has 1 aromatic carbocycles. The first-order valence-corrected chi connectivity index (χ1v) is 6.33. The Kier molecular flexibility index (Phi) is 4.18. The van der Waals surface area contributed by atoms with E-state index in [0.29, 0.717) is 0 Å². The van der Waals surface area contributed by atoms with Gasteiger partial charge in [-0.25, -0.2) is 0 Å². The molecular weight excluding hydrogens is 267 g/mol. The number of hydrogen-bond donors (Lipinski definition) is 1. The molecule has 0 bridgehead atoms. The molecule has 1 heterocycles. The summed E-state index contributed by atoms with van der Waals surface area (Å²) in [6.07, 6.45) is -1.05. The monoisotopic (exact) mass is 283 g/mol. The Labute approximate surface area is 115 Å². The molecule has 1 aromatic heterocycles. The van der Waals surface area contributed by atoms with Crippen LogP contribution in [0.5, 0.6) is 0 Å². The predicted octanol–water partition coefficient (Wildman–Crippen LogP) is 4.71. The van der Waals surface area contributed by atoms with Gasteiger partial charge in [-0.05, 0) is 37.6 Å². The summed E-state index contributed by atoms with van der Waals surface area (Å²) >= 11 is 0. The Morgan fingerprint density at radius 1 is 0.950 bits per heavy atom. The molecule has 0 saturated carbocycles. The molecule has 2 unspecified atom stereocenters. The van der Waals surface area contributed by atoms with E-state index in [1.54, 1.807) is 12.5 Å². The summed E-state index contributed by atoms with van der Waals surface area (Å²) in [5, 5.41) is 3.32. The molecule has 0 aliphatic heterocycles. The highest BCUT2D eigenvalue weighted by molar-refractivity contribution is 5.27. The number of benzene rings is 1. The number of hydrogen-bond acceptors (Lipinski definition) is 2. The highest BCUT2D eigenvalue weighted by Gasteiger charge is 2.30. The van der Waals surface area contributed by atoms with Crippen molar-refractivity contribution in [3.8, 4) is 0 Å². The lowest BCUT2D eigenvalue weighted by Crippen LogP contribution is -2.22.